The van der Waals surface area contributed by atoms with Crippen molar-refractivity contribution < 1.29 is 9.84 Å². The van der Waals surface area contributed by atoms with Gasteiger partial charge in [-0.1, -0.05) is 11.6 Å². The average molecular weight is 295 g/mol. The maximum absolute atomic E-state index is 8.48. The van der Waals surface area contributed by atoms with E-state index >= 15 is 0 Å². The molecule has 0 amide bonds. The lowest BCUT2D eigenvalue weighted by atomic mass is 10.3. The third kappa shape index (κ3) is 4.84. The Morgan fingerprint density at radius 2 is 2.20 bits per heavy atom. The van der Waals surface area contributed by atoms with Gasteiger partial charge in [0.15, 0.2) is 0 Å². The molecule has 0 saturated carbocycles. The lowest BCUT2D eigenvalue weighted by Crippen LogP contribution is -2.11. The number of anilines is 1. The summed E-state index contributed by atoms with van der Waals surface area (Å²) in [6.07, 6.45) is 0. The fraction of sp³-hybridized carbons (Fsp3) is 0.400. The summed E-state index contributed by atoms with van der Waals surface area (Å²) in [7, 11) is 0. The minimum Gasteiger partial charge on any atom is -0.394 e. The maximum atomic E-state index is 8.48. The zero-order valence-corrected chi connectivity index (χ0v) is 10.5. The molecule has 3 nitrogen and oxygen atoms in total. The standard InChI is InChI=1S/C10H13BrClNO2/c11-9-7-8(1-2-10(9)12)13-3-5-15-6-4-14/h1-2,7,13-14H,3-6H2. The Morgan fingerprint density at radius 1 is 1.40 bits per heavy atom. The highest BCUT2D eigenvalue weighted by Crippen LogP contribution is 2.25. The number of aliphatic hydroxyl groups excluding tert-OH is 1. The number of hydrogen-bond donors (Lipinski definition) is 2. The second-order valence-corrected chi connectivity index (χ2v) is 4.15. The van der Waals surface area contributed by atoms with Crippen LogP contribution in [-0.4, -0.2) is 31.5 Å². The van der Waals surface area contributed by atoms with Gasteiger partial charge in [0.25, 0.3) is 0 Å². The second kappa shape index (κ2) is 7.06. The highest BCUT2D eigenvalue weighted by Gasteiger charge is 1.97. The molecule has 0 aliphatic heterocycles. The molecule has 0 aliphatic carbocycles. The summed E-state index contributed by atoms with van der Waals surface area (Å²) in [6.45, 7) is 1.72. The molecule has 1 rings (SSSR count). The van der Waals surface area contributed by atoms with Gasteiger partial charge in [-0.25, -0.2) is 0 Å². The van der Waals surface area contributed by atoms with E-state index in [1.54, 1.807) is 0 Å². The molecule has 1 aromatic rings. The number of nitrogens with one attached hydrogen (secondary N) is 1. The van der Waals surface area contributed by atoms with E-state index in [0.29, 0.717) is 24.8 Å². The van der Waals surface area contributed by atoms with Gasteiger partial charge < -0.3 is 15.2 Å². The first kappa shape index (κ1) is 12.8. The predicted octanol–water partition coefficient (Wildman–Crippen LogP) is 2.52. The molecule has 0 saturated heterocycles. The van der Waals surface area contributed by atoms with Crippen molar-refractivity contribution in [2.75, 3.05) is 31.7 Å². The quantitative estimate of drug-likeness (QED) is 0.792. The molecule has 0 atom stereocenters. The van der Waals surface area contributed by atoms with E-state index in [0.717, 1.165) is 10.2 Å². The van der Waals surface area contributed by atoms with Crippen molar-refractivity contribution in [3.8, 4) is 0 Å². The van der Waals surface area contributed by atoms with Gasteiger partial charge in [0.05, 0.1) is 24.8 Å². The molecule has 15 heavy (non-hydrogen) atoms. The van der Waals surface area contributed by atoms with Crippen molar-refractivity contribution in [1.82, 2.24) is 0 Å². The summed E-state index contributed by atoms with van der Waals surface area (Å²) in [5, 5.41) is 12.4. The second-order valence-electron chi connectivity index (χ2n) is 2.89. The summed E-state index contributed by atoms with van der Waals surface area (Å²) < 4.78 is 5.97. The van der Waals surface area contributed by atoms with E-state index in [1.807, 2.05) is 18.2 Å². The normalized spacial score (nSPS) is 10.3. The summed E-state index contributed by atoms with van der Waals surface area (Å²) >= 11 is 9.20. The molecule has 84 valence electrons. The van der Waals surface area contributed by atoms with Crippen LogP contribution in [0.15, 0.2) is 22.7 Å². The van der Waals surface area contributed by atoms with E-state index in [2.05, 4.69) is 21.2 Å². The molecule has 1 aromatic carbocycles. The van der Waals surface area contributed by atoms with Gasteiger partial charge in [0, 0.05) is 16.7 Å². The van der Waals surface area contributed by atoms with E-state index in [9.17, 15) is 0 Å². The molecule has 0 radical (unpaired) electrons. The summed E-state index contributed by atoms with van der Waals surface area (Å²) in [5.74, 6) is 0. The molecule has 0 unspecified atom stereocenters. The van der Waals surface area contributed by atoms with Gasteiger partial charge >= 0.3 is 0 Å². The van der Waals surface area contributed by atoms with Gasteiger partial charge in [-0.2, -0.15) is 0 Å². The number of ether oxygens (including phenoxy) is 1. The first-order valence-electron chi connectivity index (χ1n) is 4.61. The lowest BCUT2D eigenvalue weighted by molar-refractivity contribution is 0.0992. The van der Waals surface area contributed by atoms with Crippen LogP contribution in [0.3, 0.4) is 0 Å². The van der Waals surface area contributed by atoms with Gasteiger partial charge in [-0.05, 0) is 34.1 Å². The smallest absolute Gasteiger partial charge is 0.0698 e. The van der Waals surface area contributed by atoms with Crippen LogP contribution >= 0.6 is 27.5 Å². The molecule has 0 heterocycles. The van der Waals surface area contributed by atoms with E-state index in [-0.39, 0.29) is 6.61 Å². The molecule has 0 aromatic heterocycles. The Bertz CT molecular complexity index is 309. The molecule has 0 aliphatic rings. The third-order valence-corrected chi connectivity index (χ3v) is 2.94. The van der Waals surface area contributed by atoms with Crippen molar-refractivity contribution in [3.63, 3.8) is 0 Å². The van der Waals surface area contributed by atoms with Crippen LogP contribution in [0.1, 0.15) is 0 Å². The average Bonchev–Trinajstić information content (AvgIpc) is 2.23. The molecule has 0 fully saturated rings. The summed E-state index contributed by atoms with van der Waals surface area (Å²) in [5.41, 5.74) is 0.985. The minimum absolute atomic E-state index is 0.0620. The predicted molar refractivity (Wildman–Crippen MR) is 65.5 cm³/mol. The van der Waals surface area contributed by atoms with Crippen LogP contribution in [0.2, 0.25) is 5.02 Å². The van der Waals surface area contributed by atoms with E-state index < -0.39 is 0 Å². The van der Waals surface area contributed by atoms with Crippen LogP contribution in [0.25, 0.3) is 0 Å². The Morgan fingerprint density at radius 3 is 2.87 bits per heavy atom. The van der Waals surface area contributed by atoms with Crippen LogP contribution < -0.4 is 5.32 Å². The summed E-state index contributed by atoms with van der Waals surface area (Å²) in [6, 6.07) is 5.63. The lowest BCUT2D eigenvalue weighted by Gasteiger charge is -2.07. The molecule has 0 spiro atoms. The summed E-state index contributed by atoms with van der Waals surface area (Å²) in [4.78, 5) is 0. The minimum atomic E-state index is 0.0620. The Labute approximate surface area is 103 Å². The van der Waals surface area contributed by atoms with E-state index in [1.165, 1.54) is 0 Å². The largest absolute Gasteiger partial charge is 0.394 e. The Balaban J connectivity index is 2.28. The maximum Gasteiger partial charge on any atom is 0.0698 e. The monoisotopic (exact) mass is 293 g/mol. The number of aliphatic hydroxyl groups is 1. The third-order valence-electron chi connectivity index (χ3n) is 1.73. The first-order chi connectivity index (χ1) is 7.24. The molecule has 0 bridgehead atoms. The highest BCUT2D eigenvalue weighted by molar-refractivity contribution is 9.10. The fourth-order valence-corrected chi connectivity index (χ4v) is 1.54. The van der Waals surface area contributed by atoms with E-state index in [4.69, 9.17) is 21.4 Å². The van der Waals surface area contributed by atoms with Crippen LogP contribution in [-0.2, 0) is 4.74 Å². The van der Waals surface area contributed by atoms with Crippen molar-refractivity contribution in [2.45, 2.75) is 0 Å². The van der Waals surface area contributed by atoms with Crippen molar-refractivity contribution in [3.05, 3.63) is 27.7 Å². The molecule has 2 N–H and O–H groups in total. The fourth-order valence-electron chi connectivity index (χ4n) is 1.04. The number of halogens is 2. The topological polar surface area (TPSA) is 41.5 Å². The number of hydrogen-bond acceptors (Lipinski definition) is 3. The Hall–Kier alpha value is -0.290. The first-order valence-corrected chi connectivity index (χ1v) is 5.78. The highest BCUT2D eigenvalue weighted by atomic mass is 79.9. The van der Waals surface area contributed by atoms with Crippen molar-refractivity contribution in [1.29, 1.82) is 0 Å². The van der Waals surface area contributed by atoms with Gasteiger partial charge in [-0.3, -0.25) is 0 Å². The van der Waals surface area contributed by atoms with Gasteiger partial charge in [0.2, 0.25) is 0 Å². The zero-order chi connectivity index (χ0) is 11.1. The molecular weight excluding hydrogens is 281 g/mol. The van der Waals surface area contributed by atoms with Crippen LogP contribution in [0.4, 0.5) is 5.69 Å². The van der Waals surface area contributed by atoms with Gasteiger partial charge in [0.1, 0.15) is 0 Å². The number of rotatable bonds is 6. The zero-order valence-electron chi connectivity index (χ0n) is 8.17. The number of benzene rings is 1. The van der Waals surface area contributed by atoms with Crippen molar-refractivity contribution in [2.24, 2.45) is 0 Å². The molecular formula is C10H13BrClNO2. The van der Waals surface area contributed by atoms with Crippen LogP contribution in [0, 0.1) is 0 Å². The van der Waals surface area contributed by atoms with Crippen LogP contribution in [0.5, 0.6) is 0 Å². The SMILES string of the molecule is OCCOCCNc1ccc(Cl)c(Br)c1. The Kier molecular flexibility index (Phi) is 6.02. The van der Waals surface area contributed by atoms with Gasteiger partial charge in [-0.15, -0.1) is 0 Å². The molecule has 5 heteroatoms. The van der Waals surface area contributed by atoms with Crippen molar-refractivity contribution >= 4 is 33.2 Å².